The minimum absolute atomic E-state index is 0.0174. The first-order valence-electron chi connectivity index (χ1n) is 10.1. The fourth-order valence-electron chi connectivity index (χ4n) is 3.54. The number of primary amides is 1. The number of carbonyl (C=O) groups excluding carboxylic acids is 2. The molecule has 0 saturated heterocycles. The van der Waals surface area contributed by atoms with Crippen molar-refractivity contribution < 1.29 is 9.59 Å². The normalized spacial score (nSPS) is 12.2. The van der Waals surface area contributed by atoms with Crippen molar-refractivity contribution in [1.82, 2.24) is 20.3 Å². The van der Waals surface area contributed by atoms with Gasteiger partial charge in [0.2, 0.25) is 5.91 Å². The summed E-state index contributed by atoms with van der Waals surface area (Å²) in [6, 6.07) is 14.5. The highest BCUT2D eigenvalue weighted by Crippen LogP contribution is 2.22. The van der Waals surface area contributed by atoms with E-state index in [0.717, 1.165) is 16.3 Å². The maximum Gasteiger partial charge on any atom is 0.253 e. The number of nitrogens with one attached hydrogen (secondary N) is 3. The van der Waals surface area contributed by atoms with Crippen LogP contribution < -0.4 is 16.4 Å². The van der Waals surface area contributed by atoms with Crippen molar-refractivity contribution in [2.75, 3.05) is 5.32 Å². The fraction of sp³-hybridized carbons (Fsp3) is 0.217. The number of amides is 2. The number of aromatic amines is 1. The Hall–Kier alpha value is -3.94. The lowest BCUT2D eigenvalue weighted by Crippen LogP contribution is -2.40. The molecule has 0 fully saturated rings. The Morgan fingerprint density at radius 3 is 2.48 bits per heavy atom. The summed E-state index contributed by atoms with van der Waals surface area (Å²) in [4.78, 5) is 36.8. The van der Waals surface area contributed by atoms with Crippen LogP contribution in [0, 0.1) is 5.92 Å². The third-order valence-electron chi connectivity index (χ3n) is 5.16. The molecule has 0 radical (unpaired) electrons. The zero-order chi connectivity index (χ0) is 22.0. The van der Waals surface area contributed by atoms with Gasteiger partial charge in [0.1, 0.15) is 11.9 Å². The van der Waals surface area contributed by atoms with Crippen molar-refractivity contribution in [2.24, 2.45) is 11.7 Å². The summed E-state index contributed by atoms with van der Waals surface area (Å²) < 4.78 is 0. The molecule has 8 heteroatoms. The molecule has 4 aromatic rings. The average Bonchev–Trinajstić information content (AvgIpc) is 3.19. The number of nitrogens with zero attached hydrogens (tertiary/aromatic N) is 2. The summed E-state index contributed by atoms with van der Waals surface area (Å²) in [6.45, 7) is 3.96. The molecule has 0 aliphatic carbocycles. The van der Waals surface area contributed by atoms with E-state index in [4.69, 9.17) is 5.73 Å². The molecule has 31 heavy (non-hydrogen) atoms. The van der Waals surface area contributed by atoms with Gasteiger partial charge in [-0.25, -0.2) is 9.97 Å². The van der Waals surface area contributed by atoms with E-state index in [1.165, 1.54) is 0 Å². The second-order valence-corrected chi connectivity index (χ2v) is 7.70. The molecule has 0 spiro atoms. The molecule has 158 valence electrons. The lowest BCUT2D eigenvalue weighted by molar-refractivity contribution is -0.119. The number of nitrogens with two attached hydrogens (primary N) is 1. The van der Waals surface area contributed by atoms with E-state index in [1.54, 1.807) is 6.20 Å². The molecule has 2 amide bonds. The second kappa shape index (κ2) is 8.43. The Labute approximate surface area is 179 Å². The van der Waals surface area contributed by atoms with E-state index in [9.17, 15) is 9.59 Å². The van der Waals surface area contributed by atoms with Gasteiger partial charge in [0.15, 0.2) is 5.82 Å². The van der Waals surface area contributed by atoms with Crippen LogP contribution in [0.1, 0.15) is 30.0 Å². The third-order valence-corrected chi connectivity index (χ3v) is 5.16. The highest BCUT2D eigenvalue weighted by Gasteiger charge is 2.21. The third kappa shape index (κ3) is 4.18. The van der Waals surface area contributed by atoms with Crippen molar-refractivity contribution in [1.29, 1.82) is 0 Å². The Balaban J connectivity index is 1.60. The van der Waals surface area contributed by atoms with Gasteiger partial charge in [-0.15, -0.1) is 0 Å². The Bertz CT molecular complexity index is 1260. The number of carbonyl (C=O) groups is 2. The summed E-state index contributed by atoms with van der Waals surface area (Å²) >= 11 is 0. The second-order valence-electron chi connectivity index (χ2n) is 7.70. The monoisotopic (exact) mass is 416 g/mol. The van der Waals surface area contributed by atoms with Gasteiger partial charge in [0.25, 0.3) is 5.91 Å². The standard InChI is InChI=1S/C23H24N6O2/c1-13(2)20(21(24)30)29-22-15-8-4-6-10-18(15)27-19(28-22)12-26-23(31)16-11-25-17-9-5-3-7-14(16)17/h3-11,13,20,25H,12H2,1-2H3,(H2,24,30)(H,26,31)(H,27,28,29)/t20-/m0/s1. The largest absolute Gasteiger partial charge is 0.368 e. The summed E-state index contributed by atoms with van der Waals surface area (Å²) in [5, 5.41) is 7.67. The smallest absolute Gasteiger partial charge is 0.253 e. The molecule has 1 atom stereocenters. The molecule has 5 N–H and O–H groups in total. The van der Waals surface area contributed by atoms with E-state index < -0.39 is 11.9 Å². The number of anilines is 1. The molecule has 2 aromatic carbocycles. The molecule has 0 bridgehead atoms. The predicted molar refractivity (Wildman–Crippen MR) is 120 cm³/mol. The quantitative estimate of drug-likeness (QED) is 0.368. The SMILES string of the molecule is CC(C)[C@H](Nc1nc(CNC(=O)c2c[nH]c3ccccc23)nc2ccccc12)C(N)=O. The maximum absolute atomic E-state index is 12.7. The van der Waals surface area contributed by atoms with Crippen LogP contribution in [-0.2, 0) is 11.3 Å². The molecule has 4 rings (SSSR count). The Morgan fingerprint density at radius 1 is 1.03 bits per heavy atom. The fourth-order valence-corrected chi connectivity index (χ4v) is 3.54. The zero-order valence-electron chi connectivity index (χ0n) is 17.3. The number of rotatable bonds is 7. The summed E-state index contributed by atoms with van der Waals surface area (Å²) in [5.41, 5.74) is 7.73. The molecule has 0 aliphatic heterocycles. The Kier molecular flexibility index (Phi) is 5.53. The van der Waals surface area contributed by atoms with Crippen LogP contribution in [0.15, 0.2) is 54.7 Å². The molecule has 0 aliphatic rings. The number of aromatic nitrogens is 3. The maximum atomic E-state index is 12.7. The van der Waals surface area contributed by atoms with Gasteiger partial charge in [-0.2, -0.15) is 0 Å². The van der Waals surface area contributed by atoms with Crippen molar-refractivity contribution in [3.05, 3.63) is 66.1 Å². The molecular weight excluding hydrogens is 392 g/mol. The summed E-state index contributed by atoms with van der Waals surface area (Å²) in [6.07, 6.45) is 1.69. The summed E-state index contributed by atoms with van der Waals surface area (Å²) in [7, 11) is 0. The highest BCUT2D eigenvalue weighted by atomic mass is 16.2. The summed E-state index contributed by atoms with van der Waals surface area (Å²) in [5.74, 6) is 0.254. The minimum Gasteiger partial charge on any atom is -0.368 e. The van der Waals surface area contributed by atoms with Gasteiger partial charge in [0, 0.05) is 22.5 Å². The van der Waals surface area contributed by atoms with E-state index in [-0.39, 0.29) is 18.4 Å². The van der Waals surface area contributed by atoms with Gasteiger partial charge in [0.05, 0.1) is 17.6 Å². The number of H-pyrrole nitrogens is 1. The molecule has 0 saturated carbocycles. The molecule has 8 nitrogen and oxygen atoms in total. The van der Waals surface area contributed by atoms with E-state index in [0.29, 0.717) is 22.7 Å². The van der Waals surface area contributed by atoms with E-state index in [2.05, 4.69) is 25.6 Å². The van der Waals surface area contributed by atoms with Crippen LogP contribution in [0.4, 0.5) is 5.82 Å². The van der Waals surface area contributed by atoms with Crippen molar-refractivity contribution in [2.45, 2.75) is 26.4 Å². The average molecular weight is 416 g/mol. The number of para-hydroxylation sites is 2. The molecule has 2 heterocycles. The van der Waals surface area contributed by atoms with Crippen LogP contribution in [0.25, 0.3) is 21.8 Å². The number of benzene rings is 2. The van der Waals surface area contributed by atoms with Crippen LogP contribution in [-0.4, -0.2) is 32.8 Å². The molecule has 2 aromatic heterocycles. The topological polar surface area (TPSA) is 126 Å². The number of hydrogen-bond donors (Lipinski definition) is 4. The zero-order valence-corrected chi connectivity index (χ0v) is 17.3. The van der Waals surface area contributed by atoms with Crippen molar-refractivity contribution in [3.8, 4) is 0 Å². The van der Waals surface area contributed by atoms with E-state index in [1.807, 2.05) is 62.4 Å². The van der Waals surface area contributed by atoms with Crippen LogP contribution in [0.2, 0.25) is 0 Å². The number of hydrogen-bond acceptors (Lipinski definition) is 5. The first kappa shape index (κ1) is 20.3. The molecule has 0 unspecified atom stereocenters. The minimum atomic E-state index is -0.577. The van der Waals surface area contributed by atoms with Gasteiger partial charge >= 0.3 is 0 Å². The first-order valence-corrected chi connectivity index (χ1v) is 10.1. The van der Waals surface area contributed by atoms with E-state index >= 15 is 0 Å². The Morgan fingerprint density at radius 2 is 1.74 bits per heavy atom. The van der Waals surface area contributed by atoms with Crippen molar-refractivity contribution in [3.63, 3.8) is 0 Å². The predicted octanol–water partition coefficient (Wildman–Crippen LogP) is 2.96. The van der Waals surface area contributed by atoms with Crippen molar-refractivity contribution >= 4 is 39.4 Å². The van der Waals surface area contributed by atoms with Gasteiger partial charge in [-0.3, -0.25) is 9.59 Å². The molecular formula is C23H24N6O2. The van der Waals surface area contributed by atoms with Crippen LogP contribution in [0.5, 0.6) is 0 Å². The van der Waals surface area contributed by atoms with Gasteiger partial charge in [-0.1, -0.05) is 44.2 Å². The van der Waals surface area contributed by atoms with Crippen LogP contribution >= 0.6 is 0 Å². The lowest BCUT2D eigenvalue weighted by Gasteiger charge is -2.21. The highest BCUT2D eigenvalue weighted by molar-refractivity contribution is 6.06. The first-order chi connectivity index (χ1) is 14.9. The van der Waals surface area contributed by atoms with Crippen LogP contribution in [0.3, 0.4) is 0 Å². The lowest BCUT2D eigenvalue weighted by atomic mass is 10.0. The van der Waals surface area contributed by atoms with Gasteiger partial charge < -0.3 is 21.4 Å². The van der Waals surface area contributed by atoms with Gasteiger partial charge in [-0.05, 0) is 24.1 Å². The number of fused-ring (bicyclic) bond motifs is 2.